The molecule has 74 valence electrons. The molecule has 0 atom stereocenters. The van der Waals surface area contributed by atoms with E-state index in [4.69, 9.17) is 5.73 Å². The number of hydrogen-bond acceptors (Lipinski definition) is 5. The number of ketones is 1. The van der Waals surface area contributed by atoms with Crippen LogP contribution in [-0.4, -0.2) is 20.7 Å². The van der Waals surface area contributed by atoms with Crippen molar-refractivity contribution in [1.82, 2.24) is 15.0 Å². The van der Waals surface area contributed by atoms with Crippen molar-refractivity contribution in [3.05, 3.63) is 48.3 Å². The van der Waals surface area contributed by atoms with Gasteiger partial charge in [-0.25, -0.2) is 4.98 Å². The maximum absolute atomic E-state index is 11.8. The first-order chi connectivity index (χ1) is 7.29. The van der Waals surface area contributed by atoms with Gasteiger partial charge in [-0.1, -0.05) is 0 Å². The Morgan fingerprint density at radius 1 is 1.20 bits per heavy atom. The fraction of sp³-hybridized carbons (Fsp3) is 0. The summed E-state index contributed by atoms with van der Waals surface area (Å²) in [6, 6.07) is 3.29. The van der Waals surface area contributed by atoms with Crippen molar-refractivity contribution in [2.24, 2.45) is 0 Å². The smallest absolute Gasteiger partial charge is 0.233 e. The maximum Gasteiger partial charge on any atom is 0.233 e. The highest BCUT2D eigenvalue weighted by molar-refractivity contribution is 6.09. The highest BCUT2D eigenvalue weighted by Crippen LogP contribution is 2.10. The first-order valence-electron chi connectivity index (χ1n) is 4.30. The number of pyridine rings is 1. The molecule has 0 aromatic carbocycles. The van der Waals surface area contributed by atoms with Gasteiger partial charge in [-0.15, -0.1) is 0 Å². The highest BCUT2D eigenvalue weighted by atomic mass is 16.1. The van der Waals surface area contributed by atoms with Crippen molar-refractivity contribution in [3.63, 3.8) is 0 Å². The lowest BCUT2D eigenvalue weighted by Crippen LogP contribution is -2.09. The van der Waals surface area contributed by atoms with E-state index in [1.165, 1.54) is 24.8 Å². The second-order valence-electron chi connectivity index (χ2n) is 2.86. The molecule has 2 rings (SSSR count). The summed E-state index contributed by atoms with van der Waals surface area (Å²) in [5.74, 6) is -0.318. The zero-order valence-electron chi connectivity index (χ0n) is 7.79. The third kappa shape index (κ3) is 1.80. The van der Waals surface area contributed by atoms with Crippen molar-refractivity contribution in [2.45, 2.75) is 0 Å². The number of carbonyl (C=O) groups is 1. The molecule has 0 aliphatic heterocycles. The minimum Gasteiger partial charge on any atom is -0.397 e. The molecule has 0 unspecified atom stereocenters. The SMILES string of the molecule is Nc1cccnc1C(=O)c1cnccn1. The van der Waals surface area contributed by atoms with Crippen LogP contribution in [0.1, 0.15) is 16.2 Å². The number of carbonyl (C=O) groups excluding carboxylic acids is 1. The summed E-state index contributed by atoms with van der Waals surface area (Å²) in [7, 11) is 0. The van der Waals surface area contributed by atoms with Crippen molar-refractivity contribution < 1.29 is 4.79 Å². The van der Waals surface area contributed by atoms with Gasteiger partial charge in [0.15, 0.2) is 0 Å². The highest BCUT2D eigenvalue weighted by Gasteiger charge is 2.14. The van der Waals surface area contributed by atoms with Crippen molar-refractivity contribution >= 4 is 11.5 Å². The van der Waals surface area contributed by atoms with E-state index in [2.05, 4.69) is 15.0 Å². The molecule has 0 amide bonds. The van der Waals surface area contributed by atoms with Gasteiger partial charge in [-0.05, 0) is 12.1 Å². The zero-order chi connectivity index (χ0) is 10.7. The van der Waals surface area contributed by atoms with Crippen LogP contribution in [0.2, 0.25) is 0 Å². The van der Waals surface area contributed by atoms with Crippen LogP contribution in [0.4, 0.5) is 5.69 Å². The van der Waals surface area contributed by atoms with Crippen LogP contribution in [0.5, 0.6) is 0 Å². The molecular weight excluding hydrogens is 192 g/mol. The molecule has 0 aliphatic rings. The second kappa shape index (κ2) is 3.83. The number of rotatable bonds is 2. The van der Waals surface area contributed by atoms with Gasteiger partial charge in [-0.3, -0.25) is 14.8 Å². The van der Waals surface area contributed by atoms with E-state index in [-0.39, 0.29) is 17.2 Å². The fourth-order valence-electron chi connectivity index (χ4n) is 1.15. The van der Waals surface area contributed by atoms with Crippen molar-refractivity contribution in [1.29, 1.82) is 0 Å². The van der Waals surface area contributed by atoms with Crippen LogP contribution in [0.3, 0.4) is 0 Å². The molecule has 15 heavy (non-hydrogen) atoms. The number of hydrogen-bond donors (Lipinski definition) is 1. The van der Waals surface area contributed by atoms with Gasteiger partial charge in [0, 0.05) is 18.6 Å². The first-order valence-corrected chi connectivity index (χ1v) is 4.30. The average Bonchev–Trinajstić information content (AvgIpc) is 2.30. The van der Waals surface area contributed by atoms with Crippen LogP contribution in [-0.2, 0) is 0 Å². The van der Waals surface area contributed by atoms with Crippen molar-refractivity contribution in [2.75, 3.05) is 5.73 Å². The van der Waals surface area contributed by atoms with E-state index in [1.54, 1.807) is 12.1 Å². The Morgan fingerprint density at radius 3 is 2.73 bits per heavy atom. The predicted octanol–water partition coefficient (Wildman–Crippen LogP) is 0.685. The summed E-state index contributed by atoms with van der Waals surface area (Å²) in [4.78, 5) is 23.4. The first kappa shape index (κ1) is 9.26. The summed E-state index contributed by atoms with van der Waals surface area (Å²) in [5.41, 5.74) is 6.41. The summed E-state index contributed by atoms with van der Waals surface area (Å²) in [6.07, 6.45) is 5.85. The van der Waals surface area contributed by atoms with E-state index in [0.29, 0.717) is 5.69 Å². The third-order valence-corrected chi connectivity index (χ3v) is 1.85. The van der Waals surface area contributed by atoms with Gasteiger partial charge in [0.1, 0.15) is 11.4 Å². The number of nitrogens with two attached hydrogens (primary N) is 1. The Bertz CT molecular complexity index is 484. The second-order valence-corrected chi connectivity index (χ2v) is 2.86. The molecule has 0 fully saturated rings. The quantitative estimate of drug-likeness (QED) is 0.721. The van der Waals surface area contributed by atoms with Crippen LogP contribution < -0.4 is 5.73 Å². The van der Waals surface area contributed by atoms with E-state index in [0.717, 1.165) is 0 Å². The lowest BCUT2D eigenvalue weighted by atomic mass is 10.2. The summed E-state index contributed by atoms with van der Waals surface area (Å²) in [5, 5.41) is 0. The molecule has 0 radical (unpaired) electrons. The Morgan fingerprint density at radius 2 is 2.07 bits per heavy atom. The molecule has 0 saturated heterocycles. The summed E-state index contributed by atoms with van der Waals surface area (Å²) >= 11 is 0. The Kier molecular flexibility index (Phi) is 2.37. The van der Waals surface area contributed by atoms with Gasteiger partial charge < -0.3 is 5.73 Å². The normalized spacial score (nSPS) is 9.87. The van der Waals surface area contributed by atoms with E-state index in [9.17, 15) is 4.79 Å². The molecule has 0 spiro atoms. The van der Waals surface area contributed by atoms with E-state index in [1.807, 2.05) is 0 Å². The molecule has 5 heteroatoms. The molecule has 0 aliphatic carbocycles. The Labute approximate surface area is 86.0 Å². The van der Waals surface area contributed by atoms with Crippen LogP contribution in [0, 0.1) is 0 Å². The molecule has 2 aromatic rings. The minimum atomic E-state index is -0.318. The monoisotopic (exact) mass is 200 g/mol. The topological polar surface area (TPSA) is 81.8 Å². The molecule has 2 N–H and O–H groups in total. The van der Waals surface area contributed by atoms with Gasteiger partial charge in [0.2, 0.25) is 5.78 Å². The standard InChI is InChI=1S/C10H8N4O/c11-7-2-1-3-14-9(7)10(15)8-6-12-4-5-13-8/h1-6H,11H2. The zero-order valence-corrected chi connectivity index (χ0v) is 7.79. The fourth-order valence-corrected chi connectivity index (χ4v) is 1.15. The summed E-state index contributed by atoms with van der Waals surface area (Å²) in [6.45, 7) is 0. The van der Waals surface area contributed by atoms with E-state index >= 15 is 0 Å². The minimum absolute atomic E-state index is 0.206. The van der Waals surface area contributed by atoms with Gasteiger partial charge in [0.25, 0.3) is 0 Å². The molecular formula is C10H8N4O. The van der Waals surface area contributed by atoms with Gasteiger partial charge in [-0.2, -0.15) is 0 Å². The third-order valence-electron chi connectivity index (χ3n) is 1.85. The molecule has 2 aromatic heterocycles. The molecule has 0 bridgehead atoms. The largest absolute Gasteiger partial charge is 0.397 e. The molecule has 0 saturated carbocycles. The van der Waals surface area contributed by atoms with Crippen LogP contribution in [0.25, 0.3) is 0 Å². The summed E-state index contributed by atoms with van der Waals surface area (Å²) < 4.78 is 0. The van der Waals surface area contributed by atoms with Gasteiger partial charge in [0.05, 0.1) is 11.9 Å². The Hall–Kier alpha value is -2.30. The van der Waals surface area contributed by atoms with E-state index < -0.39 is 0 Å². The molecule has 5 nitrogen and oxygen atoms in total. The van der Waals surface area contributed by atoms with Gasteiger partial charge >= 0.3 is 0 Å². The number of nitrogens with zero attached hydrogens (tertiary/aromatic N) is 3. The lowest BCUT2D eigenvalue weighted by Gasteiger charge is -2.01. The van der Waals surface area contributed by atoms with Crippen molar-refractivity contribution in [3.8, 4) is 0 Å². The number of nitrogen functional groups attached to an aromatic ring is 1. The number of aromatic nitrogens is 3. The number of anilines is 1. The molecule has 2 heterocycles. The Balaban J connectivity index is 2.42. The lowest BCUT2D eigenvalue weighted by molar-refractivity contribution is 0.103. The van der Waals surface area contributed by atoms with Crippen LogP contribution in [0.15, 0.2) is 36.9 Å². The predicted molar refractivity (Wildman–Crippen MR) is 54.1 cm³/mol. The van der Waals surface area contributed by atoms with Crippen LogP contribution >= 0.6 is 0 Å². The average molecular weight is 200 g/mol. The maximum atomic E-state index is 11.8.